The Balaban J connectivity index is 0.000000424. The van der Waals surface area contributed by atoms with Crippen LogP contribution in [-0.2, 0) is 4.74 Å². The van der Waals surface area contributed by atoms with Gasteiger partial charge >= 0.3 is 0 Å². The quantitative estimate of drug-likeness (QED) is 0.512. The molecule has 1 aromatic heterocycles. The van der Waals surface area contributed by atoms with Gasteiger partial charge in [0.1, 0.15) is 5.69 Å². The minimum absolute atomic E-state index is 0.113. The van der Waals surface area contributed by atoms with E-state index in [-0.39, 0.29) is 5.28 Å². The van der Waals surface area contributed by atoms with Gasteiger partial charge in [0.25, 0.3) is 0 Å². The van der Waals surface area contributed by atoms with Crippen LogP contribution in [0.1, 0.15) is 16.2 Å². The average Bonchev–Trinajstić information content (AvgIpc) is 2.04. The molecule has 0 unspecified atom stereocenters. The smallest absolute Gasteiger partial charge is 0.223 e. The Labute approximate surface area is 81.9 Å². The van der Waals surface area contributed by atoms with Gasteiger partial charge in [0, 0.05) is 19.9 Å². The second-order valence-electron chi connectivity index (χ2n) is 2.23. The van der Waals surface area contributed by atoms with Crippen LogP contribution >= 0.6 is 11.6 Å². The third-order valence-corrected chi connectivity index (χ3v) is 1.14. The minimum atomic E-state index is 0.113. The molecule has 0 N–H and O–H groups in total. The molecule has 0 saturated carbocycles. The van der Waals surface area contributed by atoms with Crippen molar-refractivity contribution in [2.45, 2.75) is 6.92 Å². The predicted octanol–water partition coefficient (Wildman–Crippen LogP) is 1.51. The van der Waals surface area contributed by atoms with E-state index < -0.39 is 0 Å². The number of carbonyl (C=O) groups is 1. The summed E-state index contributed by atoms with van der Waals surface area (Å²) in [5.74, 6) is 0. The number of aryl methyl sites for hydroxylation is 1. The highest BCUT2D eigenvalue weighted by Gasteiger charge is 1.96. The molecule has 0 amide bonds. The molecule has 0 aromatic carbocycles. The molecule has 0 bridgehead atoms. The molecule has 0 saturated heterocycles. The lowest BCUT2D eigenvalue weighted by molar-refractivity contribution is 0.111. The van der Waals surface area contributed by atoms with Crippen molar-refractivity contribution in [1.82, 2.24) is 9.97 Å². The fraction of sp³-hybridized carbons (Fsp3) is 0.375. The Morgan fingerprint density at radius 2 is 2.00 bits per heavy atom. The molecule has 1 aromatic rings. The van der Waals surface area contributed by atoms with E-state index in [1.54, 1.807) is 27.2 Å². The molecular formula is C8H11ClN2O2. The maximum Gasteiger partial charge on any atom is 0.223 e. The number of rotatable bonds is 1. The van der Waals surface area contributed by atoms with Gasteiger partial charge in [-0.2, -0.15) is 0 Å². The van der Waals surface area contributed by atoms with E-state index in [4.69, 9.17) is 11.6 Å². The summed E-state index contributed by atoms with van der Waals surface area (Å²) in [6.07, 6.45) is 0.639. The molecule has 4 nitrogen and oxygen atoms in total. The zero-order chi connectivity index (χ0) is 10.3. The van der Waals surface area contributed by atoms with E-state index in [2.05, 4.69) is 14.7 Å². The maximum absolute atomic E-state index is 10.2. The van der Waals surface area contributed by atoms with Crippen LogP contribution < -0.4 is 0 Å². The van der Waals surface area contributed by atoms with Crippen LogP contribution in [0.15, 0.2) is 6.07 Å². The summed E-state index contributed by atoms with van der Waals surface area (Å²) < 4.78 is 4.25. The molecule has 0 atom stereocenters. The Morgan fingerprint density at radius 1 is 1.46 bits per heavy atom. The van der Waals surface area contributed by atoms with Crippen LogP contribution in [0, 0.1) is 6.92 Å². The first-order valence-corrected chi connectivity index (χ1v) is 3.88. The van der Waals surface area contributed by atoms with E-state index in [9.17, 15) is 4.79 Å². The molecule has 1 rings (SSSR count). The van der Waals surface area contributed by atoms with E-state index in [1.807, 2.05) is 0 Å². The lowest BCUT2D eigenvalue weighted by atomic mass is 10.4. The Bertz CT molecular complexity index is 259. The van der Waals surface area contributed by atoms with Gasteiger partial charge in [0.15, 0.2) is 6.29 Å². The van der Waals surface area contributed by atoms with Crippen LogP contribution in [-0.4, -0.2) is 30.5 Å². The van der Waals surface area contributed by atoms with E-state index in [0.29, 0.717) is 17.7 Å². The number of carbonyl (C=O) groups excluding carboxylic acids is 1. The molecular weight excluding hydrogens is 192 g/mol. The topological polar surface area (TPSA) is 52.1 Å². The number of methoxy groups -OCH3 is 1. The number of hydrogen-bond acceptors (Lipinski definition) is 4. The van der Waals surface area contributed by atoms with Gasteiger partial charge in [-0.15, -0.1) is 0 Å². The SMILES string of the molecule is COC.Cc1cc(C=O)nc(Cl)n1. The Kier molecular flexibility index (Phi) is 6.01. The van der Waals surface area contributed by atoms with Gasteiger partial charge in [-0.1, -0.05) is 0 Å². The summed E-state index contributed by atoms with van der Waals surface area (Å²) in [6, 6.07) is 1.57. The van der Waals surface area contributed by atoms with Gasteiger partial charge < -0.3 is 4.74 Å². The summed E-state index contributed by atoms with van der Waals surface area (Å²) in [4.78, 5) is 17.6. The minimum Gasteiger partial charge on any atom is -0.388 e. The van der Waals surface area contributed by atoms with Gasteiger partial charge in [-0.25, -0.2) is 9.97 Å². The van der Waals surface area contributed by atoms with Gasteiger partial charge in [-0.3, -0.25) is 4.79 Å². The normalized spacial score (nSPS) is 8.62. The molecule has 0 spiro atoms. The third-order valence-electron chi connectivity index (χ3n) is 0.967. The Morgan fingerprint density at radius 3 is 2.38 bits per heavy atom. The highest BCUT2D eigenvalue weighted by atomic mass is 35.5. The number of nitrogens with zero attached hydrogens (tertiary/aromatic N) is 2. The van der Waals surface area contributed by atoms with Crippen LogP contribution in [0.25, 0.3) is 0 Å². The van der Waals surface area contributed by atoms with Gasteiger partial charge in [0.05, 0.1) is 0 Å². The highest BCUT2D eigenvalue weighted by molar-refractivity contribution is 6.28. The number of aromatic nitrogens is 2. The highest BCUT2D eigenvalue weighted by Crippen LogP contribution is 2.02. The lowest BCUT2D eigenvalue weighted by Gasteiger charge is -1.92. The lowest BCUT2D eigenvalue weighted by Crippen LogP contribution is -1.92. The zero-order valence-electron chi connectivity index (χ0n) is 7.74. The van der Waals surface area contributed by atoms with Crippen molar-refractivity contribution < 1.29 is 9.53 Å². The first-order chi connectivity index (χ1) is 6.13. The molecule has 0 radical (unpaired) electrons. The largest absolute Gasteiger partial charge is 0.388 e. The second kappa shape index (κ2) is 6.51. The van der Waals surface area contributed by atoms with Crippen molar-refractivity contribution in [2.24, 2.45) is 0 Å². The summed E-state index contributed by atoms with van der Waals surface area (Å²) in [5.41, 5.74) is 1.01. The van der Waals surface area contributed by atoms with Crippen LogP contribution in [0.5, 0.6) is 0 Å². The number of hydrogen-bond donors (Lipinski definition) is 0. The Hall–Kier alpha value is -1.000. The standard InChI is InChI=1S/C6H5ClN2O.C2H6O/c1-4-2-5(3-10)9-6(7)8-4;1-3-2/h2-3H,1H3;1-2H3. The number of aldehydes is 1. The number of ether oxygens (including phenoxy) is 1. The molecule has 0 aliphatic carbocycles. The monoisotopic (exact) mass is 202 g/mol. The van der Waals surface area contributed by atoms with E-state index >= 15 is 0 Å². The van der Waals surface area contributed by atoms with Crippen molar-refractivity contribution in [3.05, 3.63) is 22.7 Å². The van der Waals surface area contributed by atoms with E-state index in [0.717, 1.165) is 0 Å². The molecule has 5 heteroatoms. The van der Waals surface area contributed by atoms with Crippen molar-refractivity contribution in [3.63, 3.8) is 0 Å². The summed E-state index contributed by atoms with van der Waals surface area (Å²) >= 11 is 5.45. The fourth-order valence-electron chi connectivity index (χ4n) is 0.616. The molecule has 13 heavy (non-hydrogen) atoms. The molecule has 0 fully saturated rings. The van der Waals surface area contributed by atoms with Gasteiger partial charge in [0.2, 0.25) is 5.28 Å². The first kappa shape index (κ1) is 12.0. The summed E-state index contributed by atoms with van der Waals surface area (Å²) in [7, 11) is 3.25. The van der Waals surface area contributed by atoms with E-state index in [1.165, 1.54) is 0 Å². The summed E-state index contributed by atoms with van der Waals surface area (Å²) in [6.45, 7) is 1.75. The average molecular weight is 203 g/mol. The predicted molar refractivity (Wildman–Crippen MR) is 50.1 cm³/mol. The first-order valence-electron chi connectivity index (χ1n) is 3.50. The van der Waals surface area contributed by atoms with Crippen molar-refractivity contribution in [2.75, 3.05) is 14.2 Å². The number of halogens is 1. The second-order valence-corrected chi connectivity index (χ2v) is 2.57. The molecule has 0 aliphatic heterocycles. The molecule has 0 aliphatic rings. The third kappa shape index (κ3) is 5.27. The van der Waals surface area contributed by atoms with Gasteiger partial charge in [-0.05, 0) is 24.6 Å². The van der Waals surface area contributed by atoms with Crippen molar-refractivity contribution in [3.8, 4) is 0 Å². The van der Waals surface area contributed by atoms with Crippen LogP contribution in [0.4, 0.5) is 0 Å². The maximum atomic E-state index is 10.2. The fourth-order valence-corrected chi connectivity index (χ4v) is 0.847. The summed E-state index contributed by atoms with van der Waals surface area (Å²) in [5, 5.41) is 0.113. The molecule has 1 heterocycles. The van der Waals surface area contributed by atoms with Crippen LogP contribution in [0.3, 0.4) is 0 Å². The molecule has 72 valence electrons. The zero-order valence-corrected chi connectivity index (χ0v) is 8.50. The van der Waals surface area contributed by atoms with Crippen molar-refractivity contribution >= 4 is 17.9 Å². The van der Waals surface area contributed by atoms with Crippen LogP contribution in [0.2, 0.25) is 5.28 Å². The van der Waals surface area contributed by atoms with Crippen molar-refractivity contribution in [1.29, 1.82) is 0 Å².